The molecule has 0 aromatic heterocycles. The smallest absolute Gasteiger partial charge is 0.00645 e. The van der Waals surface area contributed by atoms with Gasteiger partial charge in [-0.2, -0.15) is 0 Å². The summed E-state index contributed by atoms with van der Waals surface area (Å²) in [6, 6.07) is 0. The lowest BCUT2D eigenvalue weighted by Crippen LogP contribution is -1.79. The quantitative estimate of drug-likeness (QED) is 0.474. The summed E-state index contributed by atoms with van der Waals surface area (Å²) >= 11 is 0. The van der Waals surface area contributed by atoms with E-state index in [-0.39, 0.29) is 0 Å². The zero-order valence-corrected chi connectivity index (χ0v) is 9.54. The topological polar surface area (TPSA) is 0 Å². The lowest BCUT2D eigenvalue weighted by atomic mass is 10.1. The van der Waals surface area contributed by atoms with E-state index in [0.29, 0.717) is 0 Å². The molecule has 1 fully saturated rings. The largest absolute Gasteiger partial charge is 0.0992 e. The lowest BCUT2D eigenvalue weighted by molar-refractivity contribution is 1.09. The van der Waals surface area contributed by atoms with Crippen molar-refractivity contribution in [3.8, 4) is 0 Å². The molecule has 0 bridgehead atoms. The van der Waals surface area contributed by atoms with E-state index in [1.807, 2.05) is 0 Å². The SMILES string of the molecule is C=C1CC(=C)C(=C(C)C)C1.CCC. The van der Waals surface area contributed by atoms with Gasteiger partial charge in [-0.25, -0.2) is 0 Å². The Morgan fingerprint density at radius 3 is 1.77 bits per heavy atom. The molecule has 0 saturated heterocycles. The molecule has 0 heterocycles. The van der Waals surface area contributed by atoms with E-state index in [1.54, 1.807) is 0 Å². The molecule has 0 spiro atoms. The van der Waals surface area contributed by atoms with Crippen molar-refractivity contribution >= 4 is 0 Å². The van der Waals surface area contributed by atoms with Crippen molar-refractivity contribution in [2.45, 2.75) is 47.0 Å². The van der Waals surface area contributed by atoms with Gasteiger partial charge in [-0.1, -0.05) is 44.6 Å². The molecule has 0 amide bonds. The van der Waals surface area contributed by atoms with Crippen molar-refractivity contribution in [2.24, 2.45) is 0 Å². The van der Waals surface area contributed by atoms with Crippen LogP contribution in [0.1, 0.15) is 47.0 Å². The van der Waals surface area contributed by atoms with E-state index in [9.17, 15) is 0 Å². The highest BCUT2D eigenvalue weighted by molar-refractivity contribution is 5.43. The van der Waals surface area contributed by atoms with Crippen molar-refractivity contribution < 1.29 is 0 Å². The maximum atomic E-state index is 3.99. The minimum Gasteiger partial charge on any atom is -0.0992 e. The van der Waals surface area contributed by atoms with Gasteiger partial charge < -0.3 is 0 Å². The van der Waals surface area contributed by atoms with Gasteiger partial charge in [0, 0.05) is 0 Å². The fourth-order valence-electron chi connectivity index (χ4n) is 1.38. The molecule has 1 aliphatic rings. The average Bonchev–Trinajstić information content (AvgIpc) is 2.31. The average molecular weight is 178 g/mol. The van der Waals surface area contributed by atoms with Crippen LogP contribution in [-0.2, 0) is 0 Å². The first-order chi connectivity index (χ1) is 6.02. The Morgan fingerprint density at radius 2 is 1.62 bits per heavy atom. The van der Waals surface area contributed by atoms with Gasteiger partial charge in [-0.05, 0) is 37.8 Å². The standard InChI is InChI=1S/C10H14.C3H8/c1-7(2)10-6-8(3)5-9(10)4;1-3-2/h3-6H2,1-2H3;3H2,1-2H3. The first-order valence-corrected chi connectivity index (χ1v) is 5.04. The van der Waals surface area contributed by atoms with E-state index in [0.717, 1.165) is 12.8 Å². The van der Waals surface area contributed by atoms with Crippen LogP contribution in [0.5, 0.6) is 0 Å². The zero-order chi connectivity index (χ0) is 10.4. The van der Waals surface area contributed by atoms with Crippen molar-refractivity contribution in [2.75, 3.05) is 0 Å². The molecule has 1 rings (SSSR count). The van der Waals surface area contributed by atoms with Crippen molar-refractivity contribution in [3.63, 3.8) is 0 Å². The summed E-state index contributed by atoms with van der Waals surface area (Å²) in [7, 11) is 0. The molecule has 0 aromatic carbocycles. The molecule has 0 aliphatic heterocycles. The molecule has 1 saturated carbocycles. The van der Waals surface area contributed by atoms with Crippen LogP contribution in [0.4, 0.5) is 0 Å². The second-order valence-electron chi connectivity index (χ2n) is 3.89. The lowest BCUT2D eigenvalue weighted by Gasteiger charge is -1.98. The second kappa shape index (κ2) is 5.80. The van der Waals surface area contributed by atoms with E-state index in [1.165, 1.54) is 28.7 Å². The van der Waals surface area contributed by atoms with Gasteiger partial charge in [0.2, 0.25) is 0 Å². The summed E-state index contributed by atoms with van der Waals surface area (Å²) in [5, 5.41) is 0. The fraction of sp³-hybridized carbons (Fsp3) is 0.538. The normalized spacial score (nSPS) is 15.5. The van der Waals surface area contributed by atoms with Gasteiger partial charge in [-0.15, -0.1) is 0 Å². The predicted octanol–water partition coefficient (Wildman–Crippen LogP) is 4.65. The molecule has 1 aliphatic carbocycles. The molecule has 0 heteroatoms. The fourth-order valence-corrected chi connectivity index (χ4v) is 1.38. The summed E-state index contributed by atoms with van der Waals surface area (Å²) in [5.74, 6) is 0. The van der Waals surface area contributed by atoms with Gasteiger partial charge in [0.05, 0.1) is 0 Å². The molecule has 0 unspecified atom stereocenters. The molecule has 0 radical (unpaired) electrons. The van der Waals surface area contributed by atoms with Crippen LogP contribution in [-0.4, -0.2) is 0 Å². The van der Waals surface area contributed by atoms with E-state index >= 15 is 0 Å². The Hall–Kier alpha value is -0.780. The van der Waals surface area contributed by atoms with Crippen molar-refractivity contribution in [1.29, 1.82) is 0 Å². The predicted molar refractivity (Wildman–Crippen MR) is 61.9 cm³/mol. The van der Waals surface area contributed by atoms with Gasteiger partial charge >= 0.3 is 0 Å². The summed E-state index contributed by atoms with van der Waals surface area (Å²) in [6.07, 6.45) is 3.32. The van der Waals surface area contributed by atoms with Crippen LogP contribution in [0.3, 0.4) is 0 Å². The summed E-state index contributed by atoms with van der Waals surface area (Å²) < 4.78 is 0. The Morgan fingerprint density at radius 1 is 1.15 bits per heavy atom. The first-order valence-electron chi connectivity index (χ1n) is 5.04. The van der Waals surface area contributed by atoms with Gasteiger partial charge in [0.25, 0.3) is 0 Å². The number of allylic oxidation sites excluding steroid dienone is 4. The van der Waals surface area contributed by atoms with Crippen LogP contribution in [0.2, 0.25) is 0 Å². The third-order valence-electron chi connectivity index (χ3n) is 1.92. The second-order valence-corrected chi connectivity index (χ2v) is 3.89. The highest BCUT2D eigenvalue weighted by atomic mass is 14.2. The summed E-state index contributed by atoms with van der Waals surface area (Å²) in [4.78, 5) is 0. The Balaban J connectivity index is 0.000000424. The van der Waals surface area contributed by atoms with Crippen LogP contribution >= 0.6 is 0 Å². The van der Waals surface area contributed by atoms with Crippen LogP contribution < -0.4 is 0 Å². The highest BCUT2D eigenvalue weighted by Crippen LogP contribution is 2.34. The zero-order valence-electron chi connectivity index (χ0n) is 9.54. The molecule has 0 N–H and O–H groups in total. The van der Waals surface area contributed by atoms with E-state index in [4.69, 9.17) is 0 Å². The Kier molecular flexibility index (Phi) is 5.45. The minimum absolute atomic E-state index is 1.01. The monoisotopic (exact) mass is 178 g/mol. The molecule has 13 heavy (non-hydrogen) atoms. The van der Waals surface area contributed by atoms with Gasteiger partial charge in [-0.3, -0.25) is 0 Å². The number of hydrogen-bond donors (Lipinski definition) is 0. The Bertz CT molecular complexity index is 224. The summed E-state index contributed by atoms with van der Waals surface area (Å²) in [5.41, 5.74) is 5.39. The third kappa shape index (κ3) is 4.12. The molecule has 0 aromatic rings. The third-order valence-corrected chi connectivity index (χ3v) is 1.92. The molecule has 0 nitrogen and oxygen atoms in total. The van der Waals surface area contributed by atoms with Gasteiger partial charge in [0.15, 0.2) is 0 Å². The first kappa shape index (κ1) is 12.2. The maximum absolute atomic E-state index is 3.99. The molecular formula is C13H22. The highest BCUT2D eigenvalue weighted by Gasteiger charge is 2.14. The van der Waals surface area contributed by atoms with Crippen LogP contribution in [0, 0.1) is 0 Å². The van der Waals surface area contributed by atoms with Crippen molar-refractivity contribution in [1.82, 2.24) is 0 Å². The Labute approximate surface area is 83.0 Å². The summed E-state index contributed by atoms with van der Waals surface area (Å²) in [6.45, 7) is 16.5. The maximum Gasteiger partial charge on any atom is -0.00645 e. The van der Waals surface area contributed by atoms with Crippen molar-refractivity contribution in [3.05, 3.63) is 35.5 Å². The van der Waals surface area contributed by atoms with Gasteiger partial charge in [0.1, 0.15) is 0 Å². The van der Waals surface area contributed by atoms with Crippen LogP contribution in [0.15, 0.2) is 35.5 Å². The molecule has 0 atom stereocenters. The minimum atomic E-state index is 1.01. The van der Waals surface area contributed by atoms with E-state index < -0.39 is 0 Å². The van der Waals surface area contributed by atoms with E-state index in [2.05, 4.69) is 40.9 Å². The van der Waals surface area contributed by atoms with Crippen LogP contribution in [0.25, 0.3) is 0 Å². The number of rotatable bonds is 0. The molecular weight excluding hydrogens is 156 g/mol. The number of hydrogen-bond acceptors (Lipinski definition) is 0. The molecule has 74 valence electrons.